The van der Waals surface area contributed by atoms with Crippen LogP contribution in [0.2, 0.25) is 5.02 Å². The summed E-state index contributed by atoms with van der Waals surface area (Å²) < 4.78 is 53.9. The Morgan fingerprint density at radius 3 is 2.36 bits per heavy atom. The van der Waals surface area contributed by atoms with Crippen LogP contribution in [0.4, 0.5) is 13.2 Å². The average molecular weight is 339 g/mol. The van der Waals surface area contributed by atoms with Crippen LogP contribution in [0.15, 0.2) is 11.6 Å². The highest BCUT2D eigenvalue weighted by Gasteiger charge is 2.49. The number of methoxy groups -OCH3 is 2. The van der Waals surface area contributed by atoms with E-state index in [2.05, 4.69) is 0 Å². The van der Waals surface area contributed by atoms with Crippen molar-refractivity contribution in [2.45, 2.75) is 12.3 Å². The molecule has 1 aromatic rings. The molecule has 1 aromatic carbocycles. The van der Waals surface area contributed by atoms with Crippen molar-refractivity contribution in [1.82, 2.24) is 0 Å². The molecule has 0 saturated carbocycles. The summed E-state index contributed by atoms with van der Waals surface area (Å²) in [5, 5.41) is 9.01. The minimum Gasteiger partial charge on any atom is -0.491 e. The third-order valence-electron chi connectivity index (χ3n) is 2.96. The normalized spacial score (nSPS) is 17.2. The first-order chi connectivity index (χ1) is 10.2. The number of alkyl halides is 3. The summed E-state index contributed by atoms with van der Waals surface area (Å²) in [6.45, 7) is 0. The highest BCUT2D eigenvalue weighted by atomic mass is 35.5. The van der Waals surface area contributed by atoms with E-state index < -0.39 is 23.8 Å². The first kappa shape index (κ1) is 16.3. The van der Waals surface area contributed by atoms with E-state index in [0.29, 0.717) is 0 Å². The van der Waals surface area contributed by atoms with Gasteiger partial charge in [-0.25, -0.2) is 4.79 Å². The van der Waals surface area contributed by atoms with E-state index in [1.165, 1.54) is 20.3 Å². The summed E-state index contributed by atoms with van der Waals surface area (Å²) in [5.74, 6) is -2.16. The maximum Gasteiger partial charge on any atom is 0.430 e. The van der Waals surface area contributed by atoms with Crippen molar-refractivity contribution >= 4 is 23.6 Å². The van der Waals surface area contributed by atoms with Gasteiger partial charge in [-0.05, 0) is 12.1 Å². The molecule has 1 heterocycles. The van der Waals surface area contributed by atoms with Crippen molar-refractivity contribution in [1.29, 1.82) is 0 Å². The van der Waals surface area contributed by atoms with E-state index >= 15 is 0 Å². The molecule has 0 spiro atoms. The number of carbonyl (C=O) groups is 1. The largest absolute Gasteiger partial charge is 0.491 e. The van der Waals surface area contributed by atoms with Gasteiger partial charge in [0.2, 0.25) is 11.9 Å². The molecule has 0 saturated heterocycles. The zero-order valence-corrected chi connectivity index (χ0v) is 12.1. The van der Waals surface area contributed by atoms with Crippen LogP contribution in [-0.2, 0) is 4.79 Å². The van der Waals surface area contributed by atoms with E-state index in [9.17, 15) is 18.0 Å². The lowest BCUT2D eigenvalue weighted by atomic mass is 10.0. The van der Waals surface area contributed by atoms with Crippen molar-refractivity contribution in [3.8, 4) is 17.2 Å². The number of carboxylic acids is 1. The van der Waals surface area contributed by atoms with Gasteiger partial charge in [0.15, 0.2) is 11.5 Å². The minimum absolute atomic E-state index is 0.00369. The molecule has 0 aliphatic carbocycles. The highest BCUT2D eigenvalue weighted by molar-refractivity contribution is 6.32. The monoisotopic (exact) mass is 338 g/mol. The molecule has 0 aromatic heterocycles. The van der Waals surface area contributed by atoms with E-state index in [1.54, 1.807) is 0 Å². The zero-order chi connectivity index (χ0) is 16.7. The van der Waals surface area contributed by atoms with Crippen LogP contribution in [0.3, 0.4) is 0 Å². The first-order valence-electron chi connectivity index (χ1n) is 5.83. The second kappa shape index (κ2) is 5.60. The Kier molecular flexibility index (Phi) is 4.15. The third-order valence-corrected chi connectivity index (χ3v) is 3.24. The minimum atomic E-state index is -4.90. The fourth-order valence-electron chi connectivity index (χ4n) is 2.06. The lowest BCUT2D eigenvalue weighted by molar-refractivity contribution is -0.187. The Morgan fingerprint density at radius 1 is 1.32 bits per heavy atom. The second-order valence-electron chi connectivity index (χ2n) is 4.29. The molecule has 1 atom stereocenters. The molecule has 120 valence electrons. The fraction of sp³-hybridized carbons (Fsp3) is 0.308. The van der Waals surface area contributed by atoms with Crippen molar-refractivity contribution < 1.29 is 37.3 Å². The van der Waals surface area contributed by atoms with Gasteiger partial charge in [-0.15, -0.1) is 0 Å². The van der Waals surface area contributed by atoms with Crippen molar-refractivity contribution in [3.63, 3.8) is 0 Å². The van der Waals surface area contributed by atoms with E-state index in [-0.39, 0.29) is 27.8 Å². The number of carboxylic acid groups (broad SMARTS) is 1. The predicted molar refractivity (Wildman–Crippen MR) is 70.6 cm³/mol. The van der Waals surface area contributed by atoms with E-state index in [0.717, 1.165) is 6.08 Å². The topological polar surface area (TPSA) is 65.0 Å². The SMILES string of the molecule is COc1c(Cl)cc2c(c1OC)OC(C(F)(F)F)C(C(=O)O)=C2. The zero-order valence-electron chi connectivity index (χ0n) is 11.3. The quantitative estimate of drug-likeness (QED) is 0.917. The molecular formula is C13H10ClF3O5. The average Bonchev–Trinajstić information content (AvgIpc) is 2.43. The standard InChI is InChI=1S/C13H10ClF3O5/c1-20-9-7(14)4-5-3-6(12(18)19)11(13(15,16)17)22-8(5)10(9)21-2/h3-4,11H,1-2H3,(H,18,19). The number of benzene rings is 1. The van der Waals surface area contributed by atoms with Crippen LogP contribution in [-0.4, -0.2) is 37.6 Å². The molecule has 22 heavy (non-hydrogen) atoms. The number of hydrogen-bond donors (Lipinski definition) is 1. The molecule has 5 nitrogen and oxygen atoms in total. The number of halogens is 4. The maximum absolute atomic E-state index is 13.0. The van der Waals surface area contributed by atoms with Gasteiger partial charge in [0.1, 0.15) is 0 Å². The van der Waals surface area contributed by atoms with Gasteiger partial charge in [-0.2, -0.15) is 13.2 Å². The lowest BCUT2D eigenvalue weighted by Gasteiger charge is -2.28. The summed E-state index contributed by atoms with van der Waals surface area (Å²) in [7, 11) is 2.47. The molecule has 1 N–H and O–H groups in total. The van der Waals surface area contributed by atoms with Crippen LogP contribution in [0.1, 0.15) is 5.56 Å². The van der Waals surface area contributed by atoms with Gasteiger partial charge in [0.05, 0.1) is 24.8 Å². The van der Waals surface area contributed by atoms with Crippen molar-refractivity contribution in [2.24, 2.45) is 0 Å². The third kappa shape index (κ3) is 2.66. The second-order valence-corrected chi connectivity index (χ2v) is 4.69. The first-order valence-corrected chi connectivity index (χ1v) is 6.21. The molecule has 0 radical (unpaired) electrons. The number of fused-ring (bicyclic) bond motifs is 1. The van der Waals surface area contributed by atoms with Crippen LogP contribution in [0.25, 0.3) is 6.08 Å². The lowest BCUT2D eigenvalue weighted by Crippen LogP contribution is -2.40. The Morgan fingerprint density at radius 2 is 1.91 bits per heavy atom. The Balaban J connectivity index is 2.70. The smallest absolute Gasteiger partial charge is 0.430 e. The van der Waals surface area contributed by atoms with E-state index in [4.69, 9.17) is 30.9 Å². The summed E-state index contributed by atoms with van der Waals surface area (Å²) in [6.07, 6.45) is -6.66. The molecule has 1 aliphatic heterocycles. The van der Waals surface area contributed by atoms with Gasteiger partial charge in [0.25, 0.3) is 0 Å². The van der Waals surface area contributed by atoms with Crippen LogP contribution < -0.4 is 14.2 Å². The molecule has 0 fully saturated rings. The molecule has 0 bridgehead atoms. The summed E-state index contributed by atoms with van der Waals surface area (Å²) in [6, 6.07) is 1.24. The molecule has 1 aliphatic rings. The maximum atomic E-state index is 13.0. The van der Waals surface area contributed by atoms with Gasteiger partial charge in [0, 0.05) is 5.56 Å². The summed E-state index contributed by atoms with van der Waals surface area (Å²) >= 11 is 5.94. The van der Waals surface area contributed by atoms with Gasteiger partial charge in [-0.1, -0.05) is 11.6 Å². The molecule has 1 unspecified atom stereocenters. The van der Waals surface area contributed by atoms with Gasteiger partial charge < -0.3 is 19.3 Å². The Bertz CT molecular complexity index is 654. The number of aliphatic carboxylic acids is 1. The van der Waals surface area contributed by atoms with Crippen LogP contribution in [0.5, 0.6) is 17.2 Å². The van der Waals surface area contributed by atoms with Crippen molar-refractivity contribution in [2.75, 3.05) is 14.2 Å². The van der Waals surface area contributed by atoms with Gasteiger partial charge >= 0.3 is 12.1 Å². The fourth-order valence-corrected chi connectivity index (χ4v) is 2.34. The Hall–Kier alpha value is -2.09. The van der Waals surface area contributed by atoms with Crippen molar-refractivity contribution in [3.05, 3.63) is 22.2 Å². The summed E-state index contributed by atoms with van der Waals surface area (Å²) in [5.41, 5.74) is -0.885. The number of hydrogen-bond acceptors (Lipinski definition) is 4. The number of rotatable bonds is 3. The molecule has 9 heteroatoms. The van der Waals surface area contributed by atoms with Crippen LogP contribution >= 0.6 is 11.6 Å². The highest BCUT2D eigenvalue weighted by Crippen LogP contribution is 2.49. The predicted octanol–water partition coefficient (Wildman–Crippen LogP) is 3.15. The Labute approximate surface area is 127 Å². The number of ether oxygens (including phenoxy) is 3. The van der Waals surface area contributed by atoms with E-state index in [1.807, 2.05) is 0 Å². The van der Waals surface area contributed by atoms with Crippen LogP contribution in [0, 0.1) is 0 Å². The molecule has 0 amide bonds. The van der Waals surface area contributed by atoms with Gasteiger partial charge in [-0.3, -0.25) is 0 Å². The molecule has 2 rings (SSSR count). The molecular weight excluding hydrogens is 329 g/mol. The summed E-state index contributed by atoms with van der Waals surface area (Å²) in [4.78, 5) is 11.0.